The maximum Gasteiger partial charge on any atom is 0.232 e. The highest BCUT2D eigenvalue weighted by Crippen LogP contribution is 2.24. The van der Waals surface area contributed by atoms with E-state index in [-0.39, 0.29) is 11.7 Å². The van der Waals surface area contributed by atoms with Crippen molar-refractivity contribution in [3.8, 4) is 0 Å². The van der Waals surface area contributed by atoms with Gasteiger partial charge in [0.1, 0.15) is 12.1 Å². The van der Waals surface area contributed by atoms with Gasteiger partial charge in [-0.25, -0.2) is 14.4 Å². The van der Waals surface area contributed by atoms with Crippen LogP contribution in [0.3, 0.4) is 0 Å². The number of nitrogens with zero attached hydrogens (tertiary/aromatic N) is 4. The van der Waals surface area contributed by atoms with Crippen LogP contribution in [0, 0.1) is 5.82 Å². The van der Waals surface area contributed by atoms with Crippen molar-refractivity contribution in [1.82, 2.24) is 15.0 Å². The molecule has 2 aromatic carbocycles. The smallest absolute Gasteiger partial charge is 0.232 e. The van der Waals surface area contributed by atoms with Crippen LogP contribution in [0.15, 0.2) is 48.8 Å². The Bertz CT molecular complexity index is 1030. The summed E-state index contributed by atoms with van der Waals surface area (Å²) in [4.78, 5) is 26.2. The van der Waals surface area contributed by atoms with Gasteiger partial charge in [-0.3, -0.25) is 4.79 Å². The van der Waals surface area contributed by atoms with Gasteiger partial charge in [0.05, 0.1) is 0 Å². The Morgan fingerprint density at radius 1 is 1.11 bits per heavy atom. The second-order valence-corrected chi connectivity index (χ2v) is 6.58. The fraction of sp³-hybridized carbons (Fsp3) is 0.200. The minimum atomic E-state index is -0.208. The van der Waals surface area contributed by atoms with E-state index in [4.69, 9.17) is 0 Å². The number of amides is 1. The first-order chi connectivity index (χ1) is 13.6. The quantitative estimate of drug-likeness (QED) is 0.725. The van der Waals surface area contributed by atoms with Crippen LogP contribution in [0.4, 0.5) is 27.7 Å². The maximum absolute atomic E-state index is 13.4. The minimum absolute atomic E-state index is 0.134. The third-order valence-electron chi connectivity index (χ3n) is 4.46. The molecule has 0 fully saturated rings. The highest BCUT2D eigenvalue weighted by atomic mass is 19.1. The fourth-order valence-electron chi connectivity index (χ4n) is 3.20. The van der Waals surface area contributed by atoms with Gasteiger partial charge in [0.15, 0.2) is 0 Å². The highest BCUT2D eigenvalue weighted by Gasteiger charge is 2.19. The van der Waals surface area contributed by atoms with Crippen LogP contribution in [0.5, 0.6) is 0 Å². The molecule has 2 N–H and O–H groups in total. The normalized spacial score (nSPS) is 13.0. The molecule has 4 rings (SSSR count). The van der Waals surface area contributed by atoms with Crippen LogP contribution in [-0.2, 0) is 17.8 Å². The molecule has 0 atom stereocenters. The number of carbonyl (C=O) groups is 1. The molecule has 28 heavy (non-hydrogen) atoms. The molecule has 0 saturated carbocycles. The van der Waals surface area contributed by atoms with Crippen molar-refractivity contribution in [2.75, 3.05) is 22.1 Å². The predicted molar refractivity (Wildman–Crippen MR) is 105 cm³/mol. The fourth-order valence-corrected chi connectivity index (χ4v) is 3.20. The maximum atomic E-state index is 13.4. The van der Waals surface area contributed by atoms with Crippen molar-refractivity contribution in [3.63, 3.8) is 0 Å². The Morgan fingerprint density at radius 3 is 2.82 bits per heavy atom. The summed E-state index contributed by atoms with van der Waals surface area (Å²) in [5.41, 5.74) is 3.54. The van der Waals surface area contributed by atoms with Crippen molar-refractivity contribution in [2.45, 2.75) is 19.9 Å². The van der Waals surface area contributed by atoms with Gasteiger partial charge < -0.3 is 15.5 Å². The van der Waals surface area contributed by atoms with Gasteiger partial charge in [0, 0.05) is 31.4 Å². The number of nitrogens with one attached hydrogen (secondary N) is 2. The summed E-state index contributed by atoms with van der Waals surface area (Å²) in [6.45, 7) is 2.79. The van der Waals surface area contributed by atoms with Gasteiger partial charge in [-0.2, -0.15) is 4.98 Å². The molecule has 2 heterocycles. The molecule has 0 bridgehead atoms. The molecule has 1 amide bonds. The third-order valence-corrected chi connectivity index (χ3v) is 4.46. The van der Waals surface area contributed by atoms with Gasteiger partial charge >= 0.3 is 0 Å². The lowest BCUT2D eigenvalue weighted by Gasteiger charge is -2.28. The monoisotopic (exact) mass is 378 g/mol. The lowest BCUT2D eigenvalue weighted by Crippen LogP contribution is -2.32. The van der Waals surface area contributed by atoms with E-state index in [2.05, 4.69) is 25.6 Å². The van der Waals surface area contributed by atoms with Gasteiger partial charge in [-0.1, -0.05) is 12.1 Å². The number of carbonyl (C=O) groups excluding carboxylic acids is 1. The number of hydrogen-bond donors (Lipinski definition) is 2. The van der Waals surface area contributed by atoms with Gasteiger partial charge in [0.2, 0.25) is 17.8 Å². The van der Waals surface area contributed by atoms with E-state index in [0.717, 1.165) is 23.2 Å². The van der Waals surface area contributed by atoms with E-state index in [0.29, 0.717) is 30.7 Å². The van der Waals surface area contributed by atoms with E-state index in [1.165, 1.54) is 19.3 Å². The molecule has 1 aromatic heterocycles. The average Bonchev–Trinajstić information content (AvgIpc) is 2.67. The number of benzene rings is 2. The van der Waals surface area contributed by atoms with Crippen molar-refractivity contribution in [3.05, 3.63) is 65.7 Å². The standard InChI is InChI=1S/C20H19FN6O/c1-13(28)24-17-3-2-4-18(10-17)25-19-22-12-23-20(26-19)27-8-7-14-9-16(21)6-5-15(14)11-27/h2-6,9-10,12H,7-8,11H2,1H3,(H,24,28)(H,22,23,25,26). The molecule has 1 aliphatic rings. The summed E-state index contributed by atoms with van der Waals surface area (Å²) in [6.07, 6.45) is 2.20. The topological polar surface area (TPSA) is 83.0 Å². The molecule has 3 aromatic rings. The Hall–Kier alpha value is -3.55. The lowest BCUT2D eigenvalue weighted by atomic mass is 10.00. The predicted octanol–water partition coefficient (Wildman–Crippen LogP) is 3.28. The first-order valence-electron chi connectivity index (χ1n) is 8.93. The Kier molecular flexibility index (Phi) is 4.84. The number of hydrogen-bond acceptors (Lipinski definition) is 6. The molecule has 1 aliphatic heterocycles. The molecular weight excluding hydrogens is 359 g/mol. The lowest BCUT2D eigenvalue weighted by molar-refractivity contribution is -0.114. The van der Waals surface area contributed by atoms with Crippen molar-refractivity contribution < 1.29 is 9.18 Å². The SMILES string of the molecule is CC(=O)Nc1cccc(Nc2ncnc(N3CCc4cc(F)ccc4C3)n2)c1. The number of halogens is 1. The van der Waals surface area contributed by atoms with Crippen LogP contribution in [0.1, 0.15) is 18.1 Å². The van der Waals surface area contributed by atoms with Gasteiger partial charge in [-0.15, -0.1) is 0 Å². The zero-order chi connectivity index (χ0) is 19.5. The van der Waals surface area contributed by atoms with Crippen LogP contribution in [-0.4, -0.2) is 27.4 Å². The largest absolute Gasteiger partial charge is 0.336 e. The summed E-state index contributed by atoms with van der Waals surface area (Å²) in [7, 11) is 0. The van der Waals surface area contributed by atoms with Crippen LogP contribution < -0.4 is 15.5 Å². The Balaban J connectivity index is 1.51. The second kappa shape index (κ2) is 7.59. The summed E-state index contributed by atoms with van der Waals surface area (Å²) >= 11 is 0. The van der Waals surface area contributed by atoms with E-state index in [1.54, 1.807) is 18.2 Å². The van der Waals surface area contributed by atoms with Crippen molar-refractivity contribution in [1.29, 1.82) is 0 Å². The first kappa shape index (κ1) is 17.8. The number of anilines is 4. The summed E-state index contributed by atoms with van der Waals surface area (Å²) < 4.78 is 13.4. The minimum Gasteiger partial charge on any atom is -0.336 e. The molecule has 0 unspecified atom stereocenters. The van der Waals surface area contributed by atoms with Crippen molar-refractivity contribution >= 4 is 29.2 Å². The van der Waals surface area contributed by atoms with Gasteiger partial charge in [0.25, 0.3) is 0 Å². The number of fused-ring (bicyclic) bond motifs is 1. The zero-order valence-corrected chi connectivity index (χ0v) is 15.3. The molecule has 0 spiro atoms. The van der Waals surface area contributed by atoms with Gasteiger partial charge in [-0.05, 0) is 47.9 Å². The number of aromatic nitrogens is 3. The second-order valence-electron chi connectivity index (χ2n) is 6.58. The van der Waals surface area contributed by atoms with Crippen molar-refractivity contribution in [2.24, 2.45) is 0 Å². The molecule has 7 nitrogen and oxygen atoms in total. The Labute approximate surface area is 161 Å². The van der Waals surface area contributed by atoms with E-state index >= 15 is 0 Å². The summed E-state index contributed by atoms with van der Waals surface area (Å²) in [6, 6.07) is 12.2. The summed E-state index contributed by atoms with van der Waals surface area (Å²) in [5, 5.41) is 5.87. The molecule has 0 aliphatic carbocycles. The van der Waals surface area contributed by atoms with Crippen LogP contribution in [0.2, 0.25) is 0 Å². The van der Waals surface area contributed by atoms with Crippen LogP contribution >= 0.6 is 0 Å². The van der Waals surface area contributed by atoms with Crippen LogP contribution in [0.25, 0.3) is 0 Å². The molecule has 0 saturated heterocycles. The Morgan fingerprint density at radius 2 is 1.96 bits per heavy atom. The summed E-state index contributed by atoms with van der Waals surface area (Å²) in [5.74, 6) is 0.630. The van der Waals surface area contributed by atoms with E-state index in [9.17, 15) is 9.18 Å². The molecular formula is C20H19FN6O. The molecule has 8 heteroatoms. The highest BCUT2D eigenvalue weighted by molar-refractivity contribution is 5.89. The third kappa shape index (κ3) is 4.06. The van der Waals surface area contributed by atoms with E-state index < -0.39 is 0 Å². The molecule has 0 radical (unpaired) electrons. The first-order valence-corrected chi connectivity index (χ1v) is 8.93. The van der Waals surface area contributed by atoms with E-state index in [1.807, 2.05) is 23.1 Å². The average molecular weight is 378 g/mol. The number of rotatable bonds is 4. The zero-order valence-electron chi connectivity index (χ0n) is 15.3. The molecule has 142 valence electrons.